The lowest BCUT2D eigenvalue weighted by molar-refractivity contribution is -0.116. The maximum atomic E-state index is 12.3. The molecule has 5 nitrogen and oxygen atoms in total. The highest BCUT2D eigenvalue weighted by Gasteiger charge is 2.15. The summed E-state index contributed by atoms with van der Waals surface area (Å²) in [5.74, 6) is 1.24. The van der Waals surface area contributed by atoms with Crippen LogP contribution in [0.3, 0.4) is 0 Å². The van der Waals surface area contributed by atoms with Crippen molar-refractivity contribution in [3.8, 4) is 11.5 Å². The monoisotopic (exact) mass is 380 g/mol. The van der Waals surface area contributed by atoms with Gasteiger partial charge in [0.1, 0.15) is 0 Å². The Morgan fingerprint density at radius 2 is 1.93 bits per heavy atom. The third-order valence-electron chi connectivity index (χ3n) is 4.81. The zero-order valence-corrected chi connectivity index (χ0v) is 16.6. The van der Waals surface area contributed by atoms with Gasteiger partial charge >= 0.3 is 0 Å². The van der Waals surface area contributed by atoms with Crippen molar-refractivity contribution in [3.63, 3.8) is 0 Å². The fourth-order valence-corrected chi connectivity index (χ4v) is 3.41. The predicted molar refractivity (Wildman–Crippen MR) is 113 cm³/mol. The average Bonchev–Trinajstić information content (AvgIpc) is 3.26. The van der Waals surface area contributed by atoms with Gasteiger partial charge in [-0.15, -0.1) is 0 Å². The summed E-state index contributed by atoms with van der Waals surface area (Å²) in [6.07, 6.45) is 5.80. The van der Waals surface area contributed by atoms with E-state index < -0.39 is 0 Å². The van der Waals surface area contributed by atoms with Crippen molar-refractivity contribution in [2.45, 2.75) is 26.3 Å². The molecule has 1 saturated heterocycles. The summed E-state index contributed by atoms with van der Waals surface area (Å²) in [7, 11) is 1.61. The van der Waals surface area contributed by atoms with Gasteiger partial charge in [0.15, 0.2) is 11.5 Å². The molecule has 0 aromatic heterocycles. The van der Waals surface area contributed by atoms with Crippen molar-refractivity contribution in [1.29, 1.82) is 0 Å². The molecule has 0 bridgehead atoms. The molecular formula is C23H28N2O3. The summed E-state index contributed by atoms with van der Waals surface area (Å²) in [5.41, 5.74) is 3.26. The Kier molecular flexibility index (Phi) is 6.95. The molecule has 0 radical (unpaired) electrons. The van der Waals surface area contributed by atoms with Gasteiger partial charge in [0, 0.05) is 31.4 Å². The molecule has 0 aliphatic carbocycles. The molecule has 0 atom stereocenters. The Morgan fingerprint density at radius 1 is 1.14 bits per heavy atom. The van der Waals surface area contributed by atoms with Gasteiger partial charge in [-0.05, 0) is 55.2 Å². The highest BCUT2D eigenvalue weighted by Crippen LogP contribution is 2.28. The molecule has 1 amide bonds. The number of nitrogens with zero attached hydrogens (tertiary/aromatic N) is 1. The van der Waals surface area contributed by atoms with E-state index in [0.29, 0.717) is 24.7 Å². The van der Waals surface area contributed by atoms with Crippen LogP contribution in [-0.2, 0) is 11.3 Å². The normalized spacial score (nSPS) is 13.7. The summed E-state index contributed by atoms with van der Waals surface area (Å²) >= 11 is 0. The number of para-hydroxylation sites is 1. The minimum Gasteiger partial charge on any atom is -0.493 e. The first-order valence-electron chi connectivity index (χ1n) is 9.81. The first-order chi connectivity index (χ1) is 13.7. The lowest BCUT2D eigenvalue weighted by Gasteiger charge is -2.21. The van der Waals surface area contributed by atoms with Crippen molar-refractivity contribution < 1.29 is 14.3 Å². The van der Waals surface area contributed by atoms with Crippen LogP contribution in [0, 0.1) is 0 Å². The molecule has 3 rings (SSSR count). The number of ether oxygens (including phenoxy) is 2. The zero-order valence-electron chi connectivity index (χ0n) is 16.6. The predicted octanol–water partition coefficient (Wildman–Crippen LogP) is 4.02. The van der Waals surface area contributed by atoms with E-state index in [2.05, 4.69) is 28.4 Å². The van der Waals surface area contributed by atoms with E-state index in [4.69, 9.17) is 9.47 Å². The largest absolute Gasteiger partial charge is 0.493 e. The van der Waals surface area contributed by atoms with Gasteiger partial charge in [-0.2, -0.15) is 0 Å². The minimum absolute atomic E-state index is 0.120. The molecule has 148 valence electrons. The van der Waals surface area contributed by atoms with Gasteiger partial charge in [-0.1, -0.05) is 24.3 Å². The van der Waals surface area contributed by atoms with Gasteiger partial charge in [0.2, 0.25) is 5.91 Å². The van der Waals surface area contributed by atoms with Crippen LogP contribution >= 0.6 is 0 Å². The molecule has 28 heavy (non-hydrogen) atoms. The molecule has 1 aliphatic rings. The molecule has 1 fully saturated rings. The molecule has 1 heterocycles. The Labute approximate surface area is 167 Å². The summed E-state index contributed by atoms with van der Waals surface area (Å²) < 4.78 is 10.9. The number of hydrogen-bond donors (Lipinski definition) is 1. The summed E-state index contributed by atoms with van der Waals surface area (Å²) in [5, 5.41) is 2.99. The second-order valence-corrected chi connectivity index (χ2v) is 6.72. The third kappa shape index (κ3) is 5.06. The number of methoxy groups -OCH3 is 1. The molecule has 2 aromatic rings. The number of carbonyl (C=O) groups excluding carboxylic acids is 1. The van der Waals surface area contributed by atoms with Crippen LogP contribution in [0.15, 0.2) is 48.5 Å². The van der Waals surface area contributed by atoms with Gasteiger partial charge in [0.05, 0.1) is 13.7 Å². The number of benzene rings is 2. The Balaban J connectivity index is 1.61. The van der Waals surface area contributed by atoms with E-state index in [9.17, 15) is 4.79 Å². The van der Waals surface area contributed by atoms with Crippen LogP contribution in [0.1, 0.15) is 30.9 Å². The second kappa shape index (κ2) is 9.83. The molecule has 2 aromatic carbocycles. The number of nitrogens with one attached hydrogen (secondary N) is 1. The molecule has 0 spiro atoms. The van der Waals surface area contributed by atoms with Crippen LogP contribution in [0.5, 0.6) is 11.5 Å². The first kappa shape index (κ1) is 19.8. The maximum absolute atomic E-state index is 12.3. The Bertz CT molecular complexity index is 826. The van der Waals surface area contributed by atoms with E-state index in [1.54, 1.807) is 19.3 Å². The molecule has 0 saturated carbocycles. The van der Waals surface area contributed by atoms with Crippen molar-refractivity contribution in [2.24, 2.45) is 0 Å². The number of rotatable bonds is 8. The third-order valence-corrected chi connectivity index (χ3v) is 4.81. The van der Waals surface area contributed by atoms with E-state index in [1.807, 2.05) is 31.2 Å². The number of anilines is 1. The van der Waals surface area contributed by atoms with Crippen molar-refractivity contribution in [3.05, 3.63) is 59.7 Å². The van der Waals surface area contributed by atoms with Crippen LogP contribution in [0.4, 0.5) is 5.69 Å². The summed E-state index contributed by atoms with van der Waals surface area (Å²) in [6.45, 7) is 5.17. The maximum Gasteiger partial charge on any atom is 0.244 e. The van der Waals surface area contributed by atoms with Gasteiger partial charge in [-0.3, -0.25) is 4.79 Å². The van der Waals surface area contributed by atoms with Crippen LogP contribution in [0.25, 0.3) is 6.08 Å². The quantitative estimate of drug-likeness (QED) is 0.703. The SMILES string of the molecule is CCOc1cc(C=CC(=O)NCc2ccccc2N2CCCC2)ccc1OC. The van der Waals surface area contributed by atoms with Gasteiger partial charge in [0.25, 0.3) is 0 Å². The minimum atomic E-state index is -0.120. The molecule has 1 aliphatic heterocycles. The van der Waals surface area contributed by atoms with Gasteiger partial charge < -0.3 is 19.7 Å². The lowest BCUT2D eigenvalue weighted by Crippen LogP contribution is -2.24. The molecule has 0 unspecified atom stereocenters. The van der Waals surface area contributed by atoms with Crippen LogP contribution < -0.4 is 19.7 Å². The summed E-state index contributed by atoms with van der Waals surface area (Å²) in [4.78, 5) is 14.7. The smallest absolute Gasteiger partial charge is 0.244 e. The lowest BCUT2D eigenvalue weighted by atomic mass is 10.1. The highest BCUT2D eigenvalue weighted by atomic mass is 16.5. The van der Waals surface area contributed by atoms with Crippen molar-refractivity contribution in [1.82, 2.24) is 5.32 Å². The second-order valence-electron chi connectivity index (χ2n) is 6.72. The molecule has 5 heteroatoms. The average molecular weight is 380 g/mol. The topological polar surface area (TPSA) is 50.8 Å². The zero-order chi connectivity index (χ0) is 19.8. The first-order valence-corrected chi connectivity index (χ1v) is 9.81. The molecular weight excluding hydrogens is 352 g/mol. The standard InChI is InChI=1S/C23H28N2O3/c1-3-28-22-16-18(10-12-21(22)27-2)11-13-23(26)24-17-19-8-4-5-9-20(19)25-14-6-7-15-25/h4-5,8-13,16H,3,6-7,14-15,17H2,1-2H3,(H,24,26). The Morgan fingerprint density at radius 3 is 2.68 bits per heavy atom. The Hall–Kier alpha value is -2.95. The molecule has 1 N–H and O–H groups in total. The highest BCUT2D eigenvalue weighted by molar-refractivity contribution is 5.91. The summed E-state index contributed by atoms with van der Waals surface area (Å²) in [6, 6.07) is 13.9. The van der Waals surface area contributed by atoms with E-state index in [-0.39, 0.29) is 5.91 Å². The number of hydrogen-bond acceptors (Lipinski definition) is 4. The fraction of sp³-hybridized carbons (Fsp3) is 0.348. The fourth-order valence-electron chi connectivity index (χ4n) is 3.41. The number of carbonyl (C=O) groups is 1. The van der Waals surface area contributed by atoms with E-state index in [1.165, 1.54) is 18.5 Å². The van der Waals surface area contributed by atoms with E-state index in [0.717, 1.165) is 24.2 Å². The number of amides is 1. The van der Waals surface area contributed by atoms with E-state index >= 15 is 0 Å². The van der Waals surface area contributed by atoms with Crippen LogP contribution in [-0.4, -0.2) is 32.7 Å². The van der Waals surface area contributed by atoms with Crippen LogP contribution in [0.2, 0.25) is 0 Å². The van der Waals surface area contributed by atoms with Gasteiger partial charge in [-0.25, -0.2) is 0 Å². The van der Waals surface area contributed by atoms with Crippen molar-refractivity contribution >= 4 is 17.7 Å². The van der Waals surface area contributed by atoms with Crippen molar-refractivity contribution in [2.75, 3.05) is 31.7 Å².